The van der Waals surface area contributed by atoms with Gasteiger partial charge in [0.05, 0.1) is 12.0 Å². The summed E-state index contributed by atoms with van der Waals surface area (Å²) in [5.74, 6) is 0.411. The fourth-order valence-electron chi connectivity index (χ4n) is 4.02. The highest BCUT2D eigenvalue weighted by molar-refractivity contribution is 7.92. The predicted molar refractivity (Wildman–Crippen MR) is 133 cm³/mol. The van der Waals surface area contributed by atoms with Crippen LogP contribution in [-0.2, 0) is 23.0 Å². The third kappa shape index (κ3) is 5.58. The molecule has 0 fully saturated rings. The number of ether oxygens (including phenoxy) is 1. The summed E-state index contributed by atoms with van der Waals surface area (Å²) >= 11 is 0. The largest absolute Gasteiger partial charge is 0.497 e. The number of anilines is 1. The normalized spacial score (nSPS) is 14.6. The summed E-state index contributed by atoms with van der Waals surface area (Å²) in [6, 6.07) is 21.2. The first kappa shape index (κ1) is 23.8. The molecule has 0 saturated heterocycles. The molecular weight excluding hydrogens is 450 g/mol. The second kappa shape index (κ2) is 10.3. The van der Waals surface area contributed by atoms with E-state index in [9.17, 15) is 13.2 Å². The van der Waals surface area contributed by atoms with Gasteiger partial charge in [0.15, 0.2) is 0 Å². The molecule has 1 aliphatic heterocycles. The Morgan fingerprint density at radius 1 is 1.00 bits per heavy atom. The average molecular weight is 480 g/mol. The van der Waals surface area contributed by atoms with Crippen LogP contribution >= 0.6 is 0 Å². The molecule has 0 saturated carbocycles. The second-order valence-corrected chi connectivity index (χ2v) is 10.1. The third-order valence-corrected chi connectivity index (χ3v) is 7.51. The Balaban J connectivity index is 1.32. The van der Waals surface area contributed by atoms with Gasteiger partial charge in [0.2, 0.25) is 0 Å². The summed E-state index contributed by atoms with van der Waals surface area (Å²) in [6.45, 7) is 4.46. The van der Waals surface area contributed by atoms with E-state index < -0.39 is 10.0 Å². The lowest BCUT2D eigenvalue weighted by molar-refractivity contribution is 0.0932. The summed E-state index contributed by atoms with van der Waals surface area (Å²) in [4.78, 5) is 15.1. The maximum Gasteiger partial charge on any atom is 0.261 e. The van der Waals surface area contributed by atoms with Gasteiger partial charge in [-0.3, -0.25) is 14.4 Å². The van der Waals surface area contributed by atoms with Gasteiger partial charge >= 0.3 is 0 Å². The predicted octanol–water partition coefficient (Wildman–Crippen LogP) is 3.67. The molecule has 0 aromatic heterocycles. The zero-order valence-electron chi connectivity index (χ0n) is 19.3. The van der Waals surface area contributed by atoms with Gasteiger partial charge in [0, 0.05) is 36.9 Å². The molecule has 1 amide bonds. The topological polar surface area (TPSA) is 87.7 Å². The van der Waals surface area contributed by atoms with E-state index in [1.807, 2.05) is 0 Å². The van der Waals surface area contributed by atoms with Crippen molar-refractivity contribution < 1.29 is 17.9 Å². The Labute approximate surface area is 200 Å². The minimum absolute atomic E-state index is 0.0835. The molecule has 2 N–H and O–H groups in total. The fraction of sp³-hybridized carbons (Fsp3) is 0.269. The molecule has 0 unspecified atom stereocenters. The van der Waals surface area contributed by atoms with Gasteiger partial charge in [-0.25, -0.2) is 8.42 Å². The summed E-state index contributed by atoms with van der Waals surface area (Å²) in [5, 5.41) is 2.97. The summed E-state index contributed by atoms with van der Waals surface area (Å²) in [7, 11) is -2.22. The highest BCUT2D eigenvalue weighted by atomic mass is 32.2. The van der Waals surface area contributed by atoms with Crippen LogP contribution in [0.15, 0.2) is 77.7 Å². The lowest BCUT2D eigenvalue weighted by Crippen LogP contribution is -2.44. The summed E-state index contributed by atoms with van der Waals surface area (Å²) < 4.78 is 32.9. The van der Waals surface area contributed by atoms with E-state index in [1.54, 1.807) is 31.4 Å². The van der Waals surface area contributed by atoms with Crippen molar-refractivity contribution in [2.45, 2.75) is 30.8 Å². The maximum absolute atomic E-state index is 12.7. The van der Waals surface area contributed by atoms with E-state index in [-0.39, 0.29) is 16.8 Å². The SMILES string of the molecule is COc1ccc(NS(=O)(=O)c2ccc(C(=O)NC[C@H](C)N3CCc4ccccc4C3)cc2)cc1. The van der Waals surface area contributed by atoms with Crippen molar-refractivity contribution in [3.05, 3.63) is 89.5 Å². The van der Waals surface area contributed by atoms with Gasteiger partial charge in [-0.1, -0.05) is 24.3 Å². The van der Waals surface area contributed by atoms with Gasteiger partial charge < -0.3 is 10.1 Å². The molecule has 0 spiro atoms. The van der Waals surface area contributed by atoms with Crippen molar-refractivity contribution in [2.75, 3.05) is 24.9 Å². The van der Waals surface area contributed by atoms with E-state index in [4.69, 9.17) is 4.74 Å². The minimum atomic E-state index is -3.77. The third-order valence-electron chi connectivity index (χ3n) is 6.11. The van der Waals surface area contributed by atoms with Crippen molar-refractivity contribution in [1.82, 2.24) is 10.2 Å². The Bertz CT molecular complexity index is 1240. The number of amides is 1. The molecule has 3 aromatic carbocycles. The highest BCUT2D eigenvalue weighted by Gasteiger charge is 2.21. The molecule has 34 heavy (non-hydrogen) atoms. The van der Waals surface area contributed by atoms with Gasteiger partial charge in [-0.05, 0) is 73.0 Å². The Morgan fingerprint density at radius 2 is 1.68 bits per heavy atom. The number of nitrogens with one attached hydrogen (secondary N) is 2. The number of carbonyl (C=O) groups excluding carboxylic acids is 1. The van der Waals surface area contributed by atoms with Crippen LogP contribution < -0.4 is 14.8 Å². The number of sulfonamides is 1. The first-order valence-electron chi connectivity index (χ1n) is 11.2. The minimum Gasteiger partial charge on any atom is -0.497 e. The van der Waals surface area contributed by atoms with E-state index in [1.165, 1.54) is 35.4 Å². The Hall–Kier alpha value is -3.36. The van der Waals surface area contributed by atoms with Gasteiger partial charge in [0.1, 0.15) is 5.75 Å². The lowest BCUT2D eigenvalue weighted by Gasteiger charge is -2.33. The molecule has 1 atom stereocenters. The van der Waals surface area contributed by atoms with E-state index in [0.717, 1.165) is 19.5 Å². The molecule has 178 valence electrons. The summed E-state index contributed by atoms with van der Waals surface area (Å²) in [6.07, 6.45) is 1.01. The first-order chi connectivity index (χ1) is 16.4. The number of methoxy groups -OCH3 is 1. The van der Waals surface area contributed by atoms with Crippen molar-refractivity contribution in [3.63, 3.8) is 0 Å². The van der Waals surface area contributed by atoms with E-state index >= 15 is 0 Å². The maximum atomic E-state index is 12.7. The lowest BCUT2D eigenvalue weighted by atomic mass is 9.99. The number of nitrogens with zero attached hydrogens (tertiary/aromatic N) is 1. The first-order valence-corrected chi connectivity index (χ1v) is 12.7. The second-order valence-electron chi connectivity index (χ2n) is 8.41. The number of hydrogen-bond donors (Lipinski definition) is 2. The van der Waals surface area contributed by atoms with Crippen LogP contribution in [-0.4, -0.2) is 45.5 Å². The van der Waals surface area contributed by atoms with Crippen molar-refractivity contribution in [2.24, 2.45) is 0 Å². The monoisotopic (exact) mass is 479 g/mol. The van der Waals surface area contributed by atoms with Crippen LogP contribution in [0, 0.1) is 0 Å². The van der Waals surface area contributed by atoms with E-state index in [2.05, 4.69) is 46.1 Å². The number of hydrogen-bond acceptors (Lipinski definition) is 5. The molecule has 0 radical (unpaired) electrons. The van der Waals surface area contributed by atoms with Gasteiger partial charge in [-0.15, -0.1) is 0 Å². The number of carbonyl (C=O) groups is 1. The zero-order chi connectivity index (χ0) is 24.1. The smallest absolute Gasteiger partial charge is 0.261 e. The van der Waals surface area contributed by atoms with E-state index in [0.29, 0.717) is 23.5 Å². The van der Waals surface area contributed by atoms with Gasteiger partial charge in [0.25, 0.3) is 15.9 Å². The van der Waals surface area contributed by atoms with Crippen molar-refractivity contribution in [3.8, 4) is 5.75 Å². The van der Waals surface area contributed by atoms with Crippen LogP contribution in [0.1, 0.15) is 28.4 Å². The van der Waals surface area contributed by atoms with Crippen molar-refractivity contribution in [1.29, 1.82) is 0 Å². The average Bonchev–Trinajstić information content (AvgIpc) is 2.87. The standard InChI is InChI=1S/C26H29N3O4S/c1-19(29-16-15-20-5-3-4-6-22(20)18-29)17-27-26(30)21-7-13-25(14-8-21)34(31,32)28-23-9-11-24(33-2)12-10-23/h3-14,19,28H,15-18H2,1-2H3,(H,27,30)/t19-/m0/s1. The molecule has 4 rings (SSSR count). The Kier molecular flexibility index (Phi) is 7.19. The van der Waals surface area contributed by atoms with Gasteiger partial charge in [-0.2, -0.15) is 0 Å². The number of rotatable bonds is 8. The molecule has 1 aliphatic rings. The molecule has 0 bridgehead atoms. The number of benzene rings is 3. The van der Waals surface area contributed by atoms with Crippen LogP contribution in [0.4, 0.5) is 5.69 Å². The van der Waals surface area contributed by atoms with Crippen molar-refractivity contribution >= 4 is 21.6 Å². The quantitative estimate of drug-likeness (QED) is 0.515. The number of fused-ring (bicyclic) bond motifs is 1. The Morgan fingerprint density at radius 3 is 2.35 bits per heavy atom. The molecular formula is C26H29N3O4S. The fourth-order valence-corrected chi connectivity index (χ4v) is 5.08. The molecule has 3 aromatic rings. The molecule has 7 nitrogen and oxygen atoms in total. The molecule has 0 aliphatic carbocycles. The van der Waals surface area contributed by atoms with Crippen LogP contribution in [0.3, 0.4) is 0 Å². The summed E-state index contributed by atoms with van der Waals surface area (Å²) in [5.41, 5.74) is 3.58. The highest BCUT2D eigenvalue weighted by Crippen LogP contribution is 2.21. The molecule has 8 heteroatoms. The molecule has 1 heterocycles. The zero-order valence-corrected chi connectivity index (χ0v) is 20.1. The van der Waals surface area contributed by atoms with Crippen LogP contribution in [0.25, 0.3) is 0 Å². The van der Waals surface area contributed by atoms with Crippen LogP contribution in [0.5, 0.6) is 5.75 Å². The van der Waals surface area contributed by atoms with Crippen LogP contribution in [0.2, 0.25) is 0 Å².